The Morgan fingerprint density at radius 3 is 2.19 bits per heavy atom. The van der Waals surface area contributed by atoms with Crippen LogP contribution < -0.4 is 4.72 Å². The maximum Gasteiger partial charge on any atom is 0.240 e. The Labute approximate surface area is 190 Å². The fourth-order valence-electron chi connectivity index (χ4n) is 3.11. The highest BCUT2D eigenvalue weighted by molar-refractivity contribution is 7.89. The van der Waals surface area contributed by atoms with Crippen molar-refractivity contribution in [3.63, 3.8) is 0 Å². The van der Waals surface area contributed by atoms with E-state index in [-0.39, 0.29) is 11.4 Å². The Morgan fingerprint density at radius 2 is 1.48 bits per heavy atom. The molecule has 0 radical (unpaired) electrons. The van der Waals surface area contributed by atoms with Crippen molar-refractivity contribution in [2.24, 2.45) is 0 Å². The van der Waals surface area contributed by atoms with Crippen LogP contribution in [0.2, 0.25) is 10.0 Å². The first kappa shape index (κ1) is 21.5. The van der Waals surface area contributed by atoms with Crippen molar-refractivity contribution in [1.29, 1.82) is 0 Å². The summed E-state index contributed by atoms with van der Waals surface area (Å²) in [6, 6.07) is 19.2. The van der Waals surface area contributed by atoms with Gasteiger partial charge in [-0.2, -0.15) is 0 Å². The van der Waals surface area contributed by atoms with Gasteiger partial charge in [-0.1, -0.05) is 47.5 Å². The van der Waals surface area contributed by atoms with E-state index in [1.165, 1.54) is 0 Å². The fourth-order valence-corrected chi connectivity index (χ4v) is 4.41. The largest absolute Gasteiger partial charge is 0.265 e. The standard InChI is InChI=1S/C23H17Cl2N3O2S/c24-21-8-5-18(14-22(21)25)16-3-6-20(7-4-16)31(29,30)28-15-19-2-1-11-27-23(19)17-9-12-26-13-10-17/h1-14,28H,15H2. The van der Waals surface area contributed by atoms with Gasteiger partial charge in [0.25, 0.3) is 0 Å². The van der Waals surface area contributed by atoms with E-state index in [1.807, 2.05) is 24.3 Å². The molecular formula is C23H17Cl2N3O2S. The molecule has 4 rings (SSSR count). The van der Waals surface area contributed by atoms with E-state index in [9.17, 15) is 8.42 Å². The van der Waals surface area contributed by atoms with Crippen LogP contribution in [0.1, 0.15) is 5.56 Å². The lowest BCUT2D eigenvalue weighted by Gasteiger charge is -2.11. The van der Waals surface area contributed by atoms with Crippen molar-refractivity contribution in [3.8, 4) is 22.4 Å². The number of pyridine rings is 2. The molecule has 0 unspecified atom stereocenters. The third-order valence-corrected chi connectivity index (χ3v) is 6.87. The zero-order chi connectivity index (χ0) is 21.8. The van der Waals surface area contributed by atoms with Gasteiger partial charge in [0.05, 0.1) is 20.6 Å². The Kier molecular flexibility index (Phi) is 6.34. The van der Waals surface area contributed by atoms with Crippen LogP contribution in [-0.2, 0) is 16.6 Å². The van der Waals surface area contributed by atoms with Gasteiger partial charge in [0, 0.05) is 30.7 Å². The zero-order valence-corrected chi connectivity index (χ0v) is 18.5. The Bertz CT molecular complexity index is 1310. The molecule has 0 bridgehead atoms. The molecule has 0 saturated heterocycles. The van der Waals surface area contributed by atoms with Crippen LogP contribution in [0.5, 0.6) is 0 Å². The third-order valence-electron chi connectivity index (χ3n) is 4.72. The SMILES string of the molecule is O=S(=O)(NCc1cccnc1-c1ccncc1)c1ccc(-c2ccc(Cl)c(Cl)c2)cc1. The topological polar surface area (TPSA) is 72.0 Å². The van der Waals surface area contributed by atoms with E-state index in [0.29, 0.717) is 15.7 Å². The molecular weight excluding hydrogens is 453 g/mol. The summed E-state index contributed by atoms with van der Waals surface area (Å²) in [6.07, 6.45) is 5.02. The Hall–Kier alpha value is -2.77. The maximum absolute atomic E-state index is 12.8. The molecule has 4 aromatic rings. The number of aromatic nitrogens is 2. The van der Waals surface area contributed by atoms with Gasteiger partial charge in [-0.25, -0.2) is 13.1 Å². The van der Waals surface area contributed by atoms with Gasteiger partial charge in [0.15, 0.2) is 0 Å². The van der Waals surface area contributed by atoms with E-state index in [2.05, 4.69) is 14.7 Å². The van der Waals surface area contributed by atoms with Crippen molar-refractivity contribution < 1.29 is 8.42 Å². The second-order valence-electron chi connectivity index (χ2n) is 6.72. The zero-order valence-electron chi connectivity index (χ0n) is 16.2. The summed E-state index contributed by atoms with van der Waals surface area (Å²) in [6.45, 7) is 0.113. The minimum atomic E-state index is -3.71. The highest BCUT2D eigenvalue weighted by Gasteiger charge is 2.16. The molecule has 1 N–H and O–H groups in total. The van der Waals surface area contributed by atoms with Gasteiger partial charge in [-0.3, -0.25) is 9.97 Å². The predicted octanol–water partition coefficient (Wildman–Crippen LogP) is 5.60. The highest BCUT2D eigenvalue weighted by atomic mass is 35.5. The smallest absolute Gasteiger partial charge is 0.240 e. The lowest BCUT2D eigenvalue weighted by molar-refractivity contribution is 0.581. The molecule has 0 atom stereocenters. The number of hydrogen-bond donors (Lipinski definition) is 1. The minimum absolute atomic E-state index is 0.113. The highest BCUT2D eigenvalue weighted by Crippen LogP contribution is 2.29. The third kappa shape index (κ3) is 4.94. The van der Waals surface area contributed by atoms with E-state index in [4.69, 9.17) is 23.2 Å². The van der Waals surface area contributed by atoms with Gasteiger partial charge in [-0.05, 0) is 59.2 Å². The van der Waals surface area contributed by atoms with Crippen LogP contribution in [0.4, 0.5) is 0 Å². The number of hydrogen-bond acceptors (Lipinski definition) is 4. The summed E-state index contributed by atoms with van der Waals surface area (Å²) in [4.78, 5) is 8.58. The summed E-state index contributed by atoms with van der Waals surface area (Å²) in [5, 5.41) is 0.911. The number of sulfonamides is 1. The summed E-state index contributed by atoms with van der Waals surface area (Å²) in [7, 11) is -3.71. The fraction of sp³-hybridized carbons (Fsp3) is 0.0435. The van der Waals surface area contributed by atoms with Gasteiger partial charge >= 0.3 is 0 Å². The van der Waals surface area contributed by atoms with Crippen molar-refractivity contribution in [2.45, 2.75) is 11.4 Å². The summed E-state index contributed by atoms with van der Waals surface area (Å²) in [5.41, 5.74) is 4.04. The quantitative estimate of drug-likeness (QED) is 0.399. The molecule has 2 aromatic heterocycles. The Morgan fingerprint density at radius 1 is 0.774 bits per heavy atom. The first-order valence-electron chi connectivity index (χ1n) is 9.33. The van der Waals surface area contributed by atoms with Crippen LogP contribution >= 0.6 is 23.2 Å². The lowest BCUT2D eigenvalue weighted by Crippen LogP contribution is -2.23. The summed E-state index contributed by atoms with van der Waals surface area (Å²) < 4.78 is 28.3. The predicted molar refractivity (Wildman–Crippen MR) is 123 cm³/mol. The van der Waals surface area contributed by atoms with E-state index < -0.39 is 10.0 Å². The number of nitrogens with one attached hydrogen (secondary N) is 1. The van der Waals surface area contributed by atoms with E-state index >= 15 is 0 Å². The Balaban J connectivity index is 1.53. The van der Waals surface area contributed by atoms with Crippen molar-refractivity contribution in [1.82, 2.24) is 14.7 Å². The monoisotopic (exact) mass is 469 g/mol. The van der Waals surface area contributed by atoms with Crippen LogP contribution in [0.3, 0.4) is 0 Å². The first-order valence-corrected chi connectivity index (χ1v) is 11.6. The molecule has 0 aliphatic heterocycles. The number of nitrogens with zero attached hydrogens (tertiary/aromatic N) is 2. The number of rotatable bonds is 6. The van der Waals surface area contributed by atoms with Crippen LogP contribution in [0.25, 0.3) is 22.4 Å². The molecule has 2 heterocycles. The molecule has 31 heavy (non-hydrogen) atoms. The van der Waals surface area contributed by atoms with Gasteiger partial charge in [-0.15, -0.1) is 0 Å². The summed E-state index contributed by atoms with van der Waals surface area (Å²) in [5.74, 6) is 0. The lowest BCUT2D eigenvalue weighted by atomic mass is 10.1. The van der Waals surface area contributed by atoms with E-state index in [1.54, 1.807) is 61.1 Å². The number of benzene rings is 2. The van der Waals surface area contributed by atoms with Crippen LogP contribution in [-0.4, -0.2) is 18.4 Å². The molecule has 2 aromatic carbocycles. The average molecular weight is 470 g/mol. The molecule has 156 valence electrons. The van der Waals surface area contributed by atoms with Gasteiger partial charge < -0.3 is 0 Å². The van der Waals surface area contributed by atoms with Crippen LogP contribution in [0.15, 0.2) is 90.2 Å². The van der Waals surface area contributed by atoms with Crippen molar-refractivity contribution in [2.75, 3.05) is 0 Å². The molecule has 8 heteroatoms. The normalized spacial score (nSPS) is 11.4. The molecule has 0 saturated carbocycles. The minimum Gasteiger partial charge on any atom is -0.265 e. The number of halogens is 2. The molecule has 0 amide bonds. The van der Waals surface area contributed by atoms with Crippen molar-refractivity contribution in [3.05, 3.63) is 101 Å². The molecule has 0 spiro atoms. The molecule has 0 fully saturated rings. The van der Waals surface area contributed by atoms with Gasteiger partial charge in [0.2, 0.25) is 10.0 Å². The average Bonchev–Trinajstić information content (AvgIpc) is 2.80. The van der Waals surface area contributed by atoms with Crippen molar-refractivity contribution >= 4 is 33.2 Å². The summed E-state index contributed by atoms with van der Waals surface area (Å²) >= 11 is 12.0. The molecule has 0 aliphatic carbocycles. The maximum atomic E-state index is 12.8. The van der Waals surface area contributed by atoms with Crippen LogP contribution in [0, 0.1) is 0 Å². The van der Waals surface area contributed by atoms with E-state index in [0.717, 1.165) is 22.3 Å². The first-order chi connectivity index (χ1) is 14.9. The second kappa shape index (κ2) is 9.16. The molecule has 0 aliphatic rings. The molecule has 5 nitrogen and oxygen atoms in total. The van der Waals surface area contributed by atoms with Gasteiger partial charge in [0.1, 0.15) is 0 Å². The second-order valence-corrected chi connectivity index (χ2v) is 9.31.